The van der Waals surface area contributed by atoms with E-state index in [9.17, 15) is 4.79 Å². The van der Waals surface area contributed by atoms with E-state index in [1.807, 2.05) is 24.3 Å². The average Bonchev–Trinajstić information content (AvgIpc) is 2.81. The van der Waals surface area contributed by atoms with Gasteiger partial charge in [-0.25, -0.2) is 4.63 Å². The number of hydrogen-bond acceptors (Lipinski definition) is 4. The zero-order valence-corrected chi connectivity index (χ0v) is 10.6. The van der Waals surface area contributed by atoms with E-state index in [1.165, 1.54) is 6.20 Å². The summed E-state index contributed by atoms with van der Waals surface area (Å²) in [7, 11) is 0. The van der Waals surface area contributed by atoms with Crippen LogP contribution < -0.4 is 5.32 Å². The lowest BCUT2D eigenvalue weighted by atomic mass is 9.86. The summed E-state index contributed by atoms with van der Waals surface area (Å²) in [5, 5.41) is 9.73. The van der Waals surface area contributed by atoms with Crippen molar-refractivity contribution in [2.24, 2.45) is 0 Å². The Labute approximate surface area is 105 Å². The molecule has 2 rings (SSSR count). The van der Waals surface area contributed by atoms with Crippen molar-refractivity contribution in [2.75, 3.05) is 5.32 Å². The summed E-state index contributed by atoms with van der Waals surface area (Å²) in [6.45, 7) is 6.28. The molecule has 2 aromatic rings. The van der Waals surface area contributed by atoms with Crippen molar-refractivity contribution >= 4 is 11.6 Å². The van der Waals surface area contributed by atoms with E-state index in [-0.39, 0.29) is 17.0 Å². The molecule has 0 aliphatic heterocycles. The van der Waals surface area contributed by atoms with Crippen LogP contribution in [0.5, 0.6) is 0 Å². The van der Waals surface area contributed by atoms with Gasteiger partial charge in [0.05, 0.1) is 0 Å². The highest BCUT2D eigenvalue weighted by atomic mass is 16.6. The van der Waals surface area contributed by atoms with Gasteiger partial charge in [0.25, 0.3) is 5.91 Å². The maximum absolute atomic E-state index is 11.9. The molecule has 1 aromatic heterocycles. The second-order valence-corrected chi connectivity index (χ2v) is 5.04. The van der Waals surface area contributed by atoms with Crippen LogP contribution in [0.2, 0.25) is 0 Å². The van der Waals surface area contributed by atoms with E-state index in [2.05, 4.69) is 41.0 Å². The molecule has 0 unspecified atom stereocenters. The zero-order valence-electron chi connectivity index (χ0n) is 10.6. The molecule has 1 N–H and O–H groups in total. The molecule has 0 aliphatic rings. The molecule has 18 heavy (non-hydrogen) atoms. The van der Waals surface area contributed by atoms with Crippen LogP contribution in [0, 0.1) is 0 Å². The van der Waals surface area contributed by atoms with Crippen LogP contribution in [0.25, 0.3) is 0 Å². The molecular weight excluding hydrogens is 230 g/mol. The quantitative estimate of drug-likeness (QED) is 0.883. The van der Waals surface area contributed by atoms with Crippen molar-refractivity contribution in [3.63, 3.8) is 0 Å². The minimum atomic E-state index is -0.326. The Bertz CT molecular complexity index is 542. The minimum absolute atomic E-state index is 0.0497. The molecule has 94 valence electrons. The SMILES string of the molecule is CC(C)(C)c1ccccc1NC(=O)c1cnon1. The number of benzene rings is 1. The van der Waals surface area contributed by atoms with Crippen LogP contribution in [0.4, 0.5) is 5.69 Å². The van der Waals surface area contributed by atoms with E-state index in [0.717, 1.165) is 11.3 Å². The first kappa shape index (κ1) is 12.3. The molecule has 5 nitrogen and oxygen atoms in total. The molecule has 5 heteroatoms. The number of carbonyl (C=O) groups excluding carboxylic acids is 1. The van der Waals surface area contributed by atoms with Gasteiger partial charge in [0.15, 0.2) is 5.69 Å². The number of carbonyl (C=O) groups is 1. The molecule has 0 fully saturated rings. The number of hydrogen-bond donors (Lipinski definition) is 1. The van der Waals surface area contributed by atoms with Crippen molar-refractivity contribution in [2.45, 2.75) is 26.2 Å². The zero-order chi connectivity index (χ0) is 13.2. The molecule has 0 aliphatic carbocycles. The molecule has 0 radical (unpaired) electrons. The maximum Gasteiger partial charge on any atom is 0.279 e. The van der Waals surface area contributed by atoms with Crippen LogP contribution in [-0.4, -0.2) is 16.2 Å². The fraction of sp³-hybridized carbons (Fsp3) is 0.308. The standard InChI is InChI=1S/C13H15N3O2/c1-13(2,3)9-6-4-5-7-10(9)15-12(17)11-8-14-18-16-11/h4-8H,1-3H3,(H,15,17). The molecule has 0 saturated heterocycles. The highest BCUT2D eigenvalue weighted by Gasteiger charge is 2.19. The lowest BCUT2D eigenvalue weighted by molar-refractivity contribution is 0.101. The fourth-order valence-corrected chi connectivity index (χ4v) is 1.70. The van der Waals surface area contributed by atoms with Crippen molar-refractivity contribution in [3.8, 4) is 0 Å². The first-order chi connectivity index (χ1) is 8.48. The third-order valence-corrected chi connectivity index (χ3v) is 2.58. The van der Waals surface area contributed by atoms with E-state index < -0.39 is 0 Å². The van der Waals surface area contributed by atoms with Crippen LogP contribution >= 0.6 is 0 Å². The number of nitrogens with zero attached hydrogens (tertiary/aromatic N) is 2. The van der Waals surface area contributed by atoms with Gasteiger partial charge in [-0.2, -0.15) is 0 Å². The fourth-order valence-electron chi connectivity index (χ4n) is 1.70. The van der Waals surface area contributed by atoms with Gasteiger partial charge in [0, 0.05) is 5.69 Å². The lowest BCUT2D eigenvalue weighted by Crippen LogP contribution is -2.18. The Hall–Kier alpha value is -2.17. The first-order valence-corrected chi connectivity index (χ1v) is 5.67. The average molecular weight is 245 g/mol. The van der Waals surface area contributed by atoms with Gasteiger partial charge >= 0.3 is 0 Å². The van der Waals surface area contributed by atoms with Crippen molar-refractivity contribution in [1.82, 2.24) is 10.3 Å². The molecule has 1 amide bonds. The number of anilines is 1. The number of para-hydroxylation sites is 1. The van der Waals surface area contributed by atoms with Gasteiger partial charge in [-0.1, -0.05) is 44.1 Å². The summed E-state index contributed by atoms with van der Waals surface area (Å²) >= 11 is 0. The van der Waals surface area contributed by atoms with Gasteiger partial charge in [0.1, 0.15) is 6.20 Å². The molecule has 1 heterocycles. The summed E-state index contributed by atoms with van der Waals surface area (Å²) in [5.41, 5.74) is 1.96. The van der Waals surface area contributed by atoms with Gasteiger partial charge < -0.3 is 5.32 Å². The van der Waals surface area contributed by atoms with Gasteiger partial charge in [-0.15, -0.1) is 0 Å². The number of nitrogens with one attached hydrogen (secondary N) is 1. The normalized spacial score (nSPS) is 11.3. The molecule has 0 saturated carbocycles. The molecule has 0 bridgehead atoms. The molecule has 0 spiro atoms. The molecule has 0 atom stereocenters. The van der Waals surface area contributed by atoms with Gasteiger partial charge in [-0.3, -0.25) is 4.79 Å². The topological polar surface area (TPSA) is 68.0 Å². The predicted molar refractivity (Wildman–Crippen MR) is 67.4 cm³/mol. The van der Waals surface area contributed by atoms with Crippen LogP contribution in [0.3, 0.4) is 0 Å². The highest BCUT2D eigenvalue weighted by Crippen LogP contribution is 2.29. The third-order valence-electron chi connectivity index (χ3n) is 2.58. The van der Waals surface area contributed by atoms with Gasteiger partial charge in [0.2, 0.25) is 0 Å². The van der Waals surface area contributed by atoms with Crippen LogP contribution in [0.1, 0.15) is 36.8 Å². The van der Waals surface area contributed by atoms with E-state index >= 15 is 0 Å². The third kappa shape index (κ3) is 2.56. The first-order valence-electron chi connectivity index (χ1n) is 5.67. The van der Waals surface area contributed by atoms with E-state index in [1.54, 1.807) is 0 Å². The Morgan fingerprint density at radius 3 is 2.61 bits per heavy atom. The Morgan fingerprint density at radius 2 is 2.00 bits per heavy atom. The number of amides is 1. The Kier molecular flexibility index (Phi) is 3.14. The van der Waals surface area contributed by atoms with Crippen molar-refractivity contribution in [1.29, 1.82) is 0 Å². The smallest absolute Gasteiger partial charge is 0.279 e. The lowest BCUT2D eigenvalue weighted by Gasteiger charge is -2.22. The Balaban J connectivity index is 2.27. The second kappa shape index (κ2) is 4.60. The van der Waals surface area contributed by atoms with Crippen LogP contribution in [-0.2, 0) is 5.41 Å². The summed E-state index contributed by atoms with van der Waals surface area (Å²) in [6.07, 6.45) is 1.29. The van der Waals surface area contributed by atoms with E-state index in [0.29, 0.717) is 0 Å². The minimum Gasteiger partial charge on any atom is -0.320 e. The Morgan fingerprint density at radius 1 is 1.28 bits per heavy atom. The highest BCUT2D eigenvalue weighted by molar-refractivity contribution is 6.03. The second-order valence-electron chi connectivity index (χ2n) is 5.04. The largest absolute Gasteiger partial charge is 0.320 e. The summed E-state index contributed by atoms with van der Waals surface area (Å²) < 4.78 is 4.41. The monoisotopic (exact) mass is 245 g/mol. The van der Waals surface area contributed by atoms with Crippen molar-refractivity contribution < 1.29 is 9.42 Å². The summed E-state index contributed by atoms with van der Waals surface area (Å²) in [6, 6.07) is 7.70. The molecule has 1 aromatic carbocycles. The number of aromatic nitrogens is 2. The summed E-state index contributed by atoms with van der Waals surface area (Å²) in [5.74, 6) is -0.326. The van der Waals surface area contributed by atoms with Gasteiger partial charge in [-0.05, 0) is 22.2 Å². The van der Waals surface area contributed by atoms with Crippen molar-refractivity contribution in [3.05, 3.63) is 41.7 Å². The molecular formula is C13H15N3O2. The predicted octanol–water partition coefficient (Wildman–Crippen LogP) is 2.62. The number of rotatable bonds is 2. The summed E-state index contributed by atoms with van der Waals surface area (Å²) in [4.78, 5) is 11.9. The van der Waals surface area contributed by atoms with E-state index in [4.69, 9.17) is 0 Å². The maximum atomic E-state index is 11.9. The van der Waals surface area contributed by atoms with Crippen LogP contribution in [0.15, 0.2) is 35.1 Å².